The standard InChI is InChI=1S/C17H30N2O2/c1-5-13-8-10-14(11-9-13)19-12(4)15(20)18-17(6-2,7-3)16(19)21/h12-14H,5-11H2,1-4H3,(H,18,20). The summed E-state index contributed by atoms with van der Waals surface area (Å²) in [6, 6.07) is -0.0780. The topological polar surface area (TPSA) is 49.4 Å². The van der Waals surface area contributed by atoms with Crippen LogP contribution in [-0.4, -0.2) is 34.3 Å². The van der Waals surface area contributed by atoms with E-state index in [1.165, 1.54) is 19.3 Å². The van der Waals surface area contributed by atoms with E-state index < -0.39 is 5.54 Å². The Morgan fingerprint density at radius 1 is 1.10 bits per heavy atom. The van der Waals surface area contributed by atoms with Gasteiger partial charge in [-0.2, -0.15) is 0 Å². The van der Waals surface area contributed by atoms with Gasteiger partial charge in [-0.1, -0.05) is 27.2 Å². The molecule has 4 nitrogen and oxygen atoms in total. The largest absolute Gasteiger partial charge is 0.340 e. The van der Waals surface area contributed by atoms with Gasteiger partial charge in [0.2, 0.25) is 11.8 Å². The second-order valence-corrected chi connectivity index (χ2v) is 6.75. The van der Waals surface area contributed by atoms with E-state index in [1.807, 2.05) is 25.7 Å². The lowest BCUT2D eigenvalue weighted by Gasteiger charge is -2.49. The first-order chi connectivity index (χ1) is 9.99. The Bertz CT molecular complexity index is 396. The van der Waals surface area contributed by atoms with Crippen LogP contribution in [0.25, 0.3) is 0 Å². The maximum atomic E-state index is 13.0. The van der Waals surface area contributed by atoms with Crippen LogP contribution >= 0.6 is 0 Å². The Morgan fingerprint density at radius 3 is 2.14 bits per heavy atom. The molecule has 1 aliphatic heterocycles. The van der Waals surface area contributed by atoms with Crippen molar-refractivity contribution in [3.63, 3.8) is 0 Å². The van der Waals surface area contributed by atoms with E-state index in [0.29, 0.717) is 12.8 Å². The van der Waals surface area contributed by atoms with E-state index in [2.05, 4.69) is 12.2 Å². The second-order valence-electron chi connectivity index (χ2n) is 6.75. The third-order valence-electron chi connectivity index (χ3n) is 5.80. The first-order valence-electron chi connectivity index (χ1n) is 8.63. The van der Waals surface area contributed by atoms with Crippen LogP contribution in [0.2, 0.25) is 0 Å². The minimum absolute atomic E-state index is 0.0101. The number of piperazine rings is 1. The maximum Gasteiger partial charge on any atom is 0.249 e. The van der Waals surface area contributed by atoms with Crippen molar-refractivity contribution in [2.75, 3.05) is 0 Å². The van der Waals surface area contributed by atoms with E-state index in [-0.39, 0.29) is 23.9 Å². The first-order valence-corrected chi connectivity index (χ1v) is 8.63. The Balaban J connectivity index is 2.20. The lowest BCUT2D eigenvalue weighted by molar-refractivity contribution is -0.158. The SMILES string of the molecule is CCC1CCC(N2C(=O)C(CC)(CC)NC(=O)C2C)CC1. The summed E-state index contributed by atoms with van der Waals surface area (Å²) in [6.07, 6.45) is 7.03. The van der Waals surface area contributed by atoms with Crippen LogP contribution in [0, 0.1) is 5.92 Å². The molecule has 2 fully saturated rings. The number of hydrogen-bond donors (Lipinski definition) is 1. The zero-order valence-electron chi connectivity index (χ0n) is 13.9. The van der Waals surface area contributed by atoms with E-state index in [1.54, 1.807) is 0 Å². The highest BCUT2D eigenvalue weighted by Crippen LogP contribution is 2.34. The van der Waals surface area contributed by atoms with E-state index >= 15 is 0 Å². The third-order valence-corrected chi connectivity index (χ3v) is 5.80. The summed E-state index contributed by atoms with van der Waals surface area (Å²) in [5.41, 5.74) is -0.675. The van der Waals surface area contributed by atoms with Crippen LogP contribution < -0.4 is 5.32 Å². The molecular weight excluding hydrogens is 264 g/mol. The first kappa shape index (κ1) is 16.3. The van der Waals surface area contributed by atoms with Crippen molar-refractivity contribution >= 4 is 11.8 Å². The van der Waals surface area contributed by atoms with Crippen molar-refractivity contribution in [2.45, 2.75) is 90.3 Å². The van der Waals surface area contributed by atoms with Crippen LogP contribution in [-0.2, 0) is 9.59 Å². The number of amides is 2. The van der Waals surface area contributed by atoms with Gasteiger partial charge in [-0.25, -0.2) is 0 Å². The minimum Gasteiger partial charge on any atom is -0.340 e. The molecule has 2 aliphatic rings. The molecule has 2 amide bonds. The van der Waals surface area contributed by atoms with Gasteiger partial charge in [-0.05, 0) is 51.4 Å². The Kier molecular flexibility index (Phi) is 4.95. The van der Waals surface area contributed by atoms with E-state index in [0.717, 1.165) is 18.8 Å². The average Bonchev–Trinajstić information content (AvgIpc) is 2.52. The van der Waals surface area contributed by atoms with Crippen molar-refractivity contribution in [1.82, 2.24) is 10.2 Å². The number of rotatable bonds is 4. The van der Waals surface area contributed by atoms with Gasteiger partial charge in [0.25, 0.3) is 0 Å². The lowest BCUT2D eigenvalue weighted by atomic mass is 9.80. The third kappa shape index (κ3) is 2.82. The van der Waals surface area contributed by atoms with Crippen molar-refractivity contribution in [1.29, 1.82) is 0 Å². The van der Waals surface area contributed by atoms with Gasteiger partial charge in [0.1, 0.15) is 11.6 Å². The fourth-order valence-electron chi connectivity index (χ4n) is 3.99. The lowest BCUT2D eigenvalue weighted by Crippen LogP contribution is -2.71. The molecule has 1 aliphatic carbocycles. The van der Waals surface area contributed by atoms with Gasteiger partial charge in [0, 0.05) is 6.04 Å². The zero-order chi connectivity index (χ0) is 15.6. The van der Waals surface area contributed by atoms with Crippen LogP contribution in [0.15, 0.2) is 0 Å². The van der Waals surface area contributed by atoms with E-state index in [4.69, 9.17) is 0 Å². The van der Waals surface area contributed by atoms with Crippen LogP contribution in [0.3, 0.4) is 0 Å². The summed E-state index contributed by atoms with van der Waals surface area (Å²) in [4.78, 5) is 27.3. The van der Waals surface area contributed by atoms with Gasteiger partial charge < -0.3 is 10.2 Å². The molecule has 1 heterocycles. The fraction of sp³-hybridized carbons (Fsp3) is 0.882. The quantitative estimate of drug-likeness (QED) is 0.866. The highest BCUT2D eigenvalue weighted by Gasteiger charge is 2.49. The van der Waals surface area contributed by atoms with Crippen LogP contribution in [0.1, 0.15) is 72.6 Å². The molecule has 1 saturated carbocycles. The number of carbonyl (C=O) groups is 2. The highest BCUT2D eigenvalue weighted by atomic mass is 16.2. The average molecular weight is 294 g/mol. The van der Waals surface area contributed by atoms with Crippen molar-refractivity contribution in [3.8, 4) is 0 Å². The molecule has 1 atom stereocenters. The molecule has 0 aromatic carbocycles. The molecule has 0 aromatic rings. The predicted molar refractivity (Wildman–Crippen MR) is 83.8 cm³/mol. The predicted octanol–water partition coefficient (Wildman–Crippen LogP) is 2.86. The zero-order valence-corrected chi connectivity index (χ0v) is 13.9. The Labute approximate surface area is 128 Å². The smallest absolute Gasteiger partial charge is 0.249 e. The summed E-state index contributed by atoms with van der Waals surface area (Å²) in [5, 5.41) is 2.99. The molecule has 1 N–H and O–H groups in total. The molecule has 120 valence electrons. The van der Waals surface area contributed by atoms with Gasteiger partial charge >= 0.3 is 0 Å². The maximum absolute atomic E-state index is 13.0. The molecule has 0 bridgehead atoms. The minimum atomic E-state index is -0.675. The van der Waals surface area contributed by atoms with Crippen molar-refractivity contribution in [3.05, 3.63) is 0 Å². The number of hydrogen-bond acceptors (Lipinski definition) is 2. The summed E-state index contributed by atoms with van der Waals surface area (Å²) in [7, 11) is 0. The van der Waals surface area contributed by atoms with Crippen LogP contribution in [0.4, 0.5) is 0 Å². The molecule has 1 saturated heterocycles. The summed E-state index contributed by atoms with van der Waals surface area (Å²) in [6.45, 7) is 8.09. The summed E-state index contributed by atoms with van der Waals surface area (Å²) in [5.74, 6) is 0.947. The number of nitrogens with one attached hydrogen (secondary N) is 1. The van der Waals surface area contributed by atoms with Gasteiger partial charge in [0.05, 0.1) is 0 Å². The molecule has 0 aromatic heterocycles. The molecule has 1 unspecified atom stereocenters. The van der Waals surface area contributed by atoms with Crippen LogP contribution in [0.5, 0.6) is 0 Å². The van der Waals surface area contributed by atoms with Crippen molar-refractivity contribution < 1.29 is 9.59 Å². The Morgan fingerprint density at radius 2 is 1.67 bits per heavy atom. The molecule has 0 radical (unpaired) electrons. The fourth-order valence-corrected chi connectivity index (χ4v) is 3.99. The van der Waals surface area contributed by atoms with Gasteiger partial charge in [0.15, 0.2) is 0 Å². The molecular formula is C17H30N2O2. The summed E-state index contributed by atoms with van der Waals surface area (Å²) < 4.78 is 0. The highest BCUT2D eigenvalue weighted by molar-refractivity contribution is 5.99. The summed E-state index contributed by atoms with van der Waals surface area (Å²) >= 11 is 0. The monoisotopic (exact) mass is 294 g/mol. The van der Waals surface area contributed by atoms with E-state index in [9.17, 15) is 9.59 Å². The molecule has 4 heteroatoms. The second kappa shape index (κ2) is 6.37. The molecule has 21 heavy (non-hydrogen) atoms. The Hall–Kier alpha value is -1.06. The number of carbonyl (C=O) groups excluding carboxylic acids is 2. The number of nitrogens with zero attached hydrogens (tertiary/aromatic N) is 1. The molecule has 0 spiro atoms. The van der Waals surface area contributed by atoms with Gasteiger partial charge in [-0.15, -0.1) is 0 Å². The normalized spacial score (nSPS) is 33.0. The van der Waals surface area contributed by atoms with Gasteiger partial charge in [-0.3, -0.25) is 9.59 Å². The molecule has 2 rings (SSSR count). The van der Waals surface area contributed by atoms with Crippen molar-refractivity contribution in [2.24, 2.45) is 5.92 Å².